The normalized spacial score (nSPS) is 11.8. The highest BCUT2D eigenvalue weighted by Gasteiger charge is 2.23. The first-order valence-electron chi connectivity index (χ1n) is 40.3. The fourth-order valence-corrected chi connectivity index (χ4v) is 18.9. The SMILES string of the molecule is CC(C)(C)c1ccc([I+]c2ccc(C(C)(C)C)cc2)cc1.CCC(C)c1ccc(OCC(=O)Oc2ccc(S(=O)(=O)[O-])cc2)cc1.CCC(C)c1ccc(OCC(=O)Oc2ccc(S(=O)(=O)[O-])cc2)cc1.CCC(C)c1ccc(OCC(=O)Oc2ccc(S(=O)(=O)[O-])cc2)cc1.COc1ccc([I+]c2ccc(OC)cc2)cc1.c1ccc([I+]c2ccccc2)cc1. The number of esters is 3. The topological polar surface area (TPSA) is 297 Å². The molecule has 26 heteroatoms. The maximum atomic E-state index is 11.8. The van der Waals surface area contributed by atoms with Crippen molar-refractivity contribution < 1.29 is 155 Å². The summed E-state index contributed by atoms with van der Waals surface area (Å²) >= 11 is -0.160. The molecule has 12 aromatic rings. The highest BCUT2D eigenvalue weighted by atomic mass is 127. The van der Waals surface area contributed by atoms with Crippen LogP contribution in [0.2, 0.25) is 0 Å². The Balaban J connectivity index is 0.000000210. The molecule has 3 unspecified atom stereocenters. The van der Waals surface area contributed by atoms with Crippen LogP contribution in [0, 0.1) is 21.4 Å². The van der Waals surface area contributed by atoms with E-state index in [1.54, 1.807) is 50.6 Å². The van der Waals surface area contributed by atoms with Gasteiger partial charge in [0.1, 0.15) is 76.4 Å². The molecule has 0 fully saturated rings. The lowest BCUT2D eigenvalue weighted by atomic mass is 9.87. The van der Waals surface area contributed by atoms with Crippen LogP contribution in [0.3, 0.4) is 0 Å². The molecule has 3 atom stereocenters. The lowest BCUT2D eigenvalue weighted by Crippen LogP contribution is -3.61. The smallest absolute Gasteiger partial charge is 0.357 e. The second kappa shape index (κ2) is 51.1. The molecule has 12 aromatic carbocycles. The van der Waals surface area contributed by atoms with Crippen LogP contribution in [0.5, 0.6) is 46.0 Å². The number of hydrogen-bond donors (Lipinski definition) is 0. The minimum absolute atomic E-state index is 0.0287. The first kappa shape index (κ1) is 103. The van der Waals surface area contributed by atoms with Crippen LogP contribution in [0.4, 0.5) is 0 Å². The van der Waals surface area contributed by atoms with Gasteiger partial charge in [-0.3, -0.25) is 0 Å². The Kier molecular flexibility index (Phi) is 41.8. The van der Waals surface area contributed by atoms with E-state index in [1.807, 2.05) is 60.7 Å². The average molecular weight is 2110 g/mol. The number of ether oxygens (including phenoxy) is 8. The van der Waals surface area contributed by atoms with Gasteiger partial charge < -0.3 is 51.6 Å². The van der Waals surface area contributed by atoms with E-state index in [1.165, 1.54) is 85.6 Å². The summed E-state index contributed by atoms with van der Waals surface area (Å²) in [5, 5.41) is 0. The minimum atomic E-state index is -4.52. The number of rotatable bonds is 29. The van der Waals surface area contributed by atoms with Crippen molar-refractivity contribution in [2.24, 2.45) is 0 Å². The fraction of sp³-hybridized carbons (Fsp3) is 0.250. The molecule has 0 bridgehead atoms. The molecule has 0 aliphatic carbocycles. The van der Waals surface area contributed by atoms with E-state index in [0.717, 1.165) is 67.2 Å². The zero-order valence-corrected chi connectivity index (χ0v) is 81.8. The predicted octanol–water partition coefficient (Wildman–Crippen LogP) is 11.3. The lowest BCUT2D eigenvalue weighted by molar-refractivity contribution is -0.597. The summed E-state index contributed by atoms with van der Waals surface area (Å²) in [6.45, 7) is 25.5. The van der Waals surface area contributed by atoms with Gasteiger partial charge in [0.15, 0.2) is 41.2 Å². The molecule has 0 aliphatic heterocycles. The van der Waals surface area contributed by atoms with Gasteiger partial charge in [-0.2, -0.15) is 0 Å². The summed E-state index contributed by atoms with van der Waals surface area (Å²) in [6.07, 6.45) is 3.12. The van der Waals surface area contributed by atoms with E-state index in [0.29, 0.717) is 35.0 Å². The van der Waals surface area contributed by atoms with Crippen LogP contribution in [0.25, 0.3) is 0 Å². The molecule has 126 heavy (non-hydrogen) atoms. The van der Waals surface area contributed by atoms with E-state index in [2.05, 4.69) is 217 Å². The minimum Gasteiger partial charge on any atom is -0.744 e. The number of hydrogen-bond acceptors (Lipinski definition) is 20. The summed E-state index contributed by atoms with van der Waals surface area (Å²) in [5.41, 5.74) is 6.91. The van der Waals surface area contributed by atoms with Gasteiger partial charge in [0, 0.05) is 0 Å². The highest BCUT2D eigenvalue weighted by Crippen LogP contribution is 2.28. The van der Waals surface area contributed by atoms with E-state index in [9.17, 15) is 53.3 Å². The molecule has 666 valence electrons. The van der Waals surface area contributed by atoms with Crippen molar-refractivity contribution in [3.05, 3.63) is 353 Å². The zero-order chi connectivity index (χ0) is 92.0. The van der Waals surface area contributed by atoms with Gasteiger partial charge >= 0.3 is 81.5 Å². The summed E-state index contributed by atoms with van der Waals surface area (Å²) in [4.78, 5) is 34.1. The number of carbonyl (C=O) groups excluding carboxylic acids is 3. The van der Waals surface area contributed by atoms with Gasteiger partial charge in [-0.05, 0) is 282 Å². The monoisotopic (exact) mass is 2100 g/mol. The Labute approximate surface area is 774 Å². The van der Waals surface area contributed by atoms with Gasteiger partial charge in [0.25, 0.3) is 0 Å². The zero-order valence-electron chi connectivity index (χ0n) is 72.9. The summed E-state index contributed by atoms with van der Waals surface area (Å²) in [6, 6.07) is 92.8. The Morgan fingerprint density at radius 1 is 0.286 bits per heavy atom. The second-order valence-corrected chi connectivity index (χ2v) is 43.6. The van der Waals surface area contributed by atoms with Crippen molar-refractivity contribution in [3.8, 4) is 46.0 Å². The van der Waals surface area contributed by atoms with Crippen LogP contribution in [-0.2, 0) is 55.6 Å². The molecule has 0 radical (unpaired) electrons. The Morgan fingerprint density at radius 2 is 0.484 bits per heavy atom. The van der Waals surface area contributed by atoms with Crippen molar-refractivity contribution in [1.29, 1.82) is 0 Å². The third-order valence-corrected chi connectivity index (χ3v) is 29.5. The molecular weight excluding hydrogens is 2000 g/mol. The van der Waals surface area contributed by atoms with Crippen LogP contribution >= 0.6 is 0 Å². The van der Waals surface area contributed by atoms with Crippen molar-refractivity contribution in [2.45, 2.75) is 146 Å². The average Bonchev–Trinajstić information content (AvgIpc) is 0.844. The molecule has 0 saturated carbocycles. The fourth-order valence-electron chi connectivity index (χ4n) is 10.9. The first-order chi connectivity index (χ1) is 59.8. The largest absolute Gasteiger partial charge is 0.744 e. The Bertz CT molecular complexity index is 5180. The van der Waals surface area contributed by atoms with Crippen LogP contribution in [0.1, 0.15) is 148 Å². The van der Waals surface area contributed by atoms with Gasteiger partial charge in [-0.1, -0.05) is 180 Å². The maximum absolute atomic E-state index is 11.8. The van der Waals surface area contributed by atoms with Crippen LogP contribution in [-0.4, -0.2) is 90.9 Å². The molecule has 0 spiro atoms. The first-order valence-corrected chi connectivity index (χ1v) is 51.0. The second-order valence-electron chi connectivity index (χ2n) is 30.4. The summed E-state index contributed by atoms with van der Waals surface area (Å²) in [5.74, 6) is 3.34. The third-order valence-electron chi connectivity index (χ3n) is 18.9. The van der Waals surface area contributed by atoms with Gasteiger partial charge in [0.2, 0.25) is 0 Å². The quantitative estimate of drug-likeness (QED) is 0.0182. The van der Waals surface area contributed by atoms with Crippen LogP contribution < -0.4 is 102 Å². The summed E-state index contributed by atoms with van der Waals surface area (Å²) in [7, 11) is -10.2. The maximum Gasteiger partial charge on any atom is 0.357 e. The number of methoxy groups -OCH3 is 2. The standard InChI is InChI=1S/C20H26I.3C18H20O6S.C14H14IO2.C12H10I/c1-19(2,3)15-7-11-17(12-8-15)21-18-13-9-16(10-14-18)20(4,5)6;3*1-3-13(2)14-4-6-15(7-5-14)23-12-18(19)24-16-8-10-17(11-9-16)25(20,21)22;1-16-13-7-3-11(4-8-13)15-12-5-9-14(17-2)10-6-12;1-3-7-11(8-4-1)13-12-9-5-2-6-10-12/h7-14H,1-6H3;3*4-11,13H,3,12H2,1-2H3,(H,20,21,22);3-10H,1-2H3;1-10H/q+1;;;;2*+1/p-3. The molecule has 0 N–H and O–H groups in total. The number of benzene rings is 12. The van der Waals surface area contributed by atoms with Crippen LogP contribution in [0.15, 0.2) is 318 Å². The summed E-state index contributed by atoms with van der Waals surface area (Å²) < 4.78 is 148. The Morgan fingerprint density at radius 3 is 0.683 bits per heavy atom. The van der Waals surface area contributed by atoms with Gasteiger partial charge in [0.05, 0.1) is 28.9 Å². The lowest BCUT2D eigenvalue weighted by Gasteiger charge is -2.18. The molecule has 0 heterocycles. The highest BCUT2D eigenvalue weighted by molar-refractivity contribution is 7.86. The van der Waals surface area contributed by atoms with Crippen molar-refractivity contribution in [3.63, 3.8) is 0 Å². The molecule has 0 saturated heterocycles. The molecule has 12 rings (SSSR count). The predicted molar refractivity (Wildman–Crippen MR) is 473 cm³/mol. The van der Waals surface area contributed by atoms with Crippen molar-refractivity contribution >= 4 is 48.3 Å². The molecule has 0 amide bonds. The van der Waals surface area contributed by atoms with Crippen molar-refractivity contribution in [2.75, 3.05) is 34.0 Å². The van der Waals surface area contributed by atoms with Gasteiger partial charge in [-0.25, -0.2) is 39.6 Å². The van der Waals surface area contributed by atoms with E-state index in [4.69, 9.17) is 37.9 Å². The molecule has 0 aromatic heterocycles. The number of halogens is 3. The van der Waals surface area contributed by atoms with E-state index in [-0.39, 0.29) is 126 Å². The number of carbonyl (C=O) groups is 3. The third kappa shape index (κ3) is 37.5. The molecule has 0 aliphatic rings. The Hall–Kier alpha value is -10.0. The molecular formula is C100H107I3O20S3. The van der Waals surface area contributed by atoms with E-state index < -0.39 is 48.3 Å². The molecule has 20 nitrogen and oxygen atoms in total. The van der Waals surface area contributed by atoms with Gasteiger partial charge in [-0.15, -0.1) is 0 Å². The van der Waals surface area contributed by atoms with E-state index >= 15 is 0 Å². The van der Waals surface area contributed by atoms with Crippen molar-refractivity contribution in [1.82, 2.24) is 0 Å².